The van der Waals surface area contributed by atoms with E-state index in [1.54, 1.807) is 29.2 Å². The van der Waals surface area contributed by atoms with Crippen molar-refractivity contribution in [2.24, 2.45) is 0 Å². The van der Waals surface area contributed by atoms with E-state index in [0.29, 0.717) is 24.2 Å². The Morgan fingerprint density at radius 3 is 2.36 bits per heavy atom. The summed E-state index contributed by atoms with van der Waals surface area (Å²) in [5.74, 6) is 5.39. The van der Waals surface area contributed by atoms with Gasteiger partial charge in [-0.2, -0.15) is 13.2 Å². The number of nitrogens with zero attached hydrogens (tertiary/aromatic N) is 3. The lowest BCUT2D eigenvalue weighted by molar-refractivity contribution is -0.140. The van der Waals surface area contributed by atoms with E-state index < -0.39 is 29.0 Å². The Bertz CT molecular complexity index is 1590. The van der Waals surface area contributed by atoms with Crippen LogP contribution in [0.2, 0.25) is 0 Å². The molecule has 0 bridgehead atoms. The number of methoxy groups -OCH3 is 1. The van der Waals surface area contributed by atoms with Gasteiger partial charge in [0.1, 0.15) is 22.7 Å². The van der Waals surface area contributed by atoms with Gasteiger partial charge in [0.15, 0.2) is 0 Å². The second-order valence-electron chi connectivity index (χ2n) is 12.0. The number of carbonyl (C=O) groups excluding carboxylic acids is 2. The van der Waals surface area contributed by atoms with Crippen LogP contribution < -0.4 is 0 Å². The minimum absolute atomic E-state index is 0.0544. The molecule has 0 N–H and O–H groups in total. The molecule has 4 rings (SSSR count). The zero-order valence-corrected chi connectivity index (χ0v) is 26.3. The zero-order chi connectivity index (χ0) is 32.8. The second-order valence-corrected chi connectivity index (χ2v) is 12.0. The van der Waals surface area contributed by atoms with Crippen molar-refractivity contribution in [2.75, 3.05) is 20.2 Å². The van der Waals surface area contributed by atoms with Crippen molar-refractivity contribution >= 4 is 12.1 Å². The van der Waals surface area contributed by atoms with Crippen molar-refractivity contribution in [1.29, 1.82) is 0 Å². The fourth-order valence-electron chi connectivity index (χ4n) is 5.25. The molecular weight excluding hydrogens is 583 g/mol. The molecule has 0 unspecified atom stereocenters. The van der Waals surface area contributed by atoms with Gasteiger partial charge in [-0.25, -0.2) is 14.8 Å². The monoisotopic (exact) mass is 621 g/mol. The number of rotatable bonds is 6. The third kappa shape index (κ3) is 9.07. The number of ether oxygens (including phenoxy) is 2. The van der Waals surface area contributed by atoms with Crippen LogP contribution in [0.1, 0.15) is 91.4 Å². The van der Waals surface area contributed by atoms with E-state index in [2.05, 4.69) is 27.9 Å². The first-order chi connectivity index (χ1) is 21.3. The van der Waals surface area contributed by atoms with Gasteiger partial charge in [-0.1, -0.05) is 49.2 Å². The Balaban J connectivity index is 1.55. The molecule has 0 aliphatic carbocycles. The number of esters is 1. The molecule has 0 atom stereocenters. The van der Waals surface area contributed by atoms with Gasteiger partial charge in [0.2, 0.25) is 0 Å². The van der Waals surface area contributed by atoms with Crippen LogP contribution in [0.4, 0.5) is 18.0 Å². The van der Waals surface area contributed by atoms with Gasteiger partial charge in [0.25, 0.3) is 0 Å². The Morgan fingerprint density at radius 2 is 1.71 bits per heavy atom. The van der Waals surface area contributed by atoms with E-state index in [0.717, 1.165) is 36.6 Å². The molecule has 2 heterocycles. The Morgan fingerprint density at radius 1 is 1.00 bits per heavy atom. The topological polar surface area (TPSA) is 81.6 Å². The molecule has 3 aromatic rings. The van der Waals surface area contributed by atoms with Gasteiger partial charge in [-0.3, -0.25) is 4.79 Å². The third-order valence-corrected chi connectivity index (χ3v) is 7.62. The molecule has 0 radical (unpaired) electrons. The van der Waals surface area contributed by atoms with E-state index >= 15 is 0 Å². The Kier molecular flexibility index (Phi) is 10.5. The summed E-state index contributed by atoms with van der Waals surface area (Å²) in [6.45, 7) is 8.81. The first-order valence-electron chi connectivity index (χ1n) is 15.0. The maximum absolute atomic E-state index is 13.9. The number of aryl methyl sites for hydroxylation is 1. The maximum Gasteiger partial charge on any atom is 0.420 e. The normalized spacial score (nSPS) is 14.0. The number of hydrogen-bond donors (Lipinski definition) is 0. The van der Waals surface area contributed by atoms with E-state index in [4.69, 9.17) is 9.47 Å². The molecule has 1 aliphatic rings. The molecule has 7 nitrogen and oxygen atoms in total. The summed E-state index contributed by atoms with van der Waals surface area (Å²) in [6, 6.07) is 12.9. The summed E-state index contributed by atoms with van der Waals surface area (Å²) in [5.41, 5.74) is 2.13. The highest BCUT2D eigenvalue weighted by Gasteiger charge is 2.35. The van der Waals surface area contributed by atoms with Gasteiger partial charge < -0.3 is 14.4 Å². The lowest BCUT2D eigenvalue weighted by atomic mass is 9.87. The van der Waals surface area contributed by atoms with E-state index in [1.165, 1.54) is 12.7 Å². The number of benzene rings is 2. The van der Waals surface area contributed by atoms with Crippen molar-refractivity contribution < 1.29 is 32.2 Å². The average Bonchev–Trinajstić information content (AvgIpc) is 2.99. The second kappa shape index (κ2) is 14.1. The first-order valence-corrected chi connectivity index (χ1v) is 15.0. The average molecular weight is 622 g/mol. The van der Waals surface area contributed by atoms with Crippen molar-refractivity contribution in [1.82, 2.24) is 14.9 Å². The lowest BCUT2D eigenvalue weighted by Gasteiger charge is -2.33. The standard InChI is InChI=1S/C35H38F3N3O4/c1-6-23-19-27(25-15-17-41(18-16-25)33(43)45-34(2,3)4)11-12-28(23)20-31-39-22-29(35(36,37)38)30(40-31)14-13-24-9-7-8-10-26(24)21-32(42)44-5/h7-12,19,22,25H,6,15-18,20-21H2,1-5H3. The van der Waals surface area contributed by atoms with Gasteiger partial charge in [0.05, 0.1) is 13.5 Å². The molecule has 2 aromatic carbocycles. The highest BCUT2D eigenvalue weighted by atomic mass is 19.4. The molecule has 10 heteroatoms. The number of aromatic nitrogens is 2. The minimum atomic E-state index is -4.69. The smallest absolute Gasteiger partial charge is 0.420 e. The predicted molar refractivity (Wildman–Crippen MR) is 164 cm³/mol. The van der Waals surface area contributed by atoms with E-state index in [9.17, 15) is 22.8 Å². The van der Waals surface area contributed by atoms with Crippen molar-refractivity contribution in [2.45, 2.75) is 77.5 Å². The largest absolute Gasteiger partial charge is 0.469 e. The quantitative estimate of drug-likeness (QED) is 0.221. The van der Waals surface area contributed by atoms with Crippen LogP contribution >= 0.6 is 0 Å². The summed E-state index contributed by atoms with van der Waals surface area (Å²) >= 11 is 0. The molecule has 1 amide bonds. The first kappa shape index (κ1) is 33.5. The molecule has 0 saturated carbocycles. The zero-order valence-electron chi connectivity index (χ0n) is 26.3. The molecule has 0 spiro atoms. The molecule has 1 saturated heterocycles. The Labute approximate surface area is 262 Å². The number of likely N-dealkylation sites (tertiary alicyclic amines) is 1. The van der Waals surface area contributed by atoms with Gasteiger partial charge in [-0.05, 0) is 80.2 Å². The lowest BCUT2D eigenvalue weighted by Crippen LogP contribution is -2.41. The van der Waals surface area contributed by atoms with Crippen molar-refractivity contribution in [3.05, 3.63) is 93.6 Å². The summed E-state index contributed by atoms with van der Waals surface area (Å²) in [4.78, 5) is 34.3. The van der Waals surface area contributed by atoms with Crippen molar-refractivity contribution in [3.8, 4) is 11.8 Å². The number of piperidine rings is 1. The summed E-state index contributed by atoms with van der Waals surface area (Å²) < 4.78 is 51.8. The maximum atomic E-state index is 13.9. The summed E-state index contributed by atoms with van der Waals surface area (Å²) in [5, 5.41) is 0. The minimum Gasteiger partial charge on any atom is -0.469 e. The van der Waals surface area contributed by atoms with Crippen LogP contribution in [0, 0.1) is 11.8 Å². The molecule has 1 aliphatic heterocycles. The third-order valence-electron chi connectivity index (χ3n) is 7.62. The summed E-state index contributed by atoms with van der Waals surface area (Å²) in [6.07, 6.45) is -1.66. The van der Waals surface area contributed by atoms with Crippen LogP contribution in [0.25, 0.3) is 0 Å². The van der Waals surface area contributed by atoms with Gasteiger partial charge >= 0.3 is 18.2 Å². The number of halogens is 3. The fraction of sp³-hybridized carbons (Fsp3) is 0.429. The highest BCUT2D eigenvalue weighted by molar-refractivity contribution is 5.73. The van der Waals surface area contributed by atoms with Crippen LogP contribution in [0.15, 0.2) is 48.7 Å². The Hall–Kier alpha value is -4.39. The van der Waals surface area contributed by atoms with Crippen LogP contribution in [-0.4, -0.2) is 52.7 Å². The van der Waals surface area contributed by atoms with E-state index in [1.807, 2.05) is 39.8 Å². The summed E-state index contributed by atoms with van der Waals surface area (Å²) in [7, 11) is 1.27. The number of hydrogen-bond acceptors (Lipinski definition) is 6. The molecule has 45 heavy (non-hydrogen) atoms. The predicted octanol–water partition coefficient (Wildman–Crippen LogP) is 6.88. The van der Waals surface area contributed by atoms with E-state index in [-0.39, 0.29) is 30.7 Å². The number of alkyl halides is 3. The highest BCUT2D eigenvalue weighted by Crippen LogP contribution is 2.32. The molecule has 238 valence electrons. The molecule has 1 fully saturated rings. The fourth-order valence-corrected chi connectivity index (χ4v) is 5.25. The van der Waals surface area contributed by atoms with Crippen LogP contribution in [0.5, 0.6) is 0 Å². The van der Waals surface area contributed by atoms with Gasteiger partial charge in [-0.15, -0.1) is 0 Å². The number of carbonyl (C=O) groups is 2. The molecule has 1 aromatic heterocycles. The van der Waals surface area contributed by atoms with Gasteiger partial charge in [0, 0.05) is 31.3 Å². The SMILES string of the molecule is CCc1cc(C2CCN(C(=O)OC(C)(C)C)CC2)ccc1Cc1ncc(C(F)(F)F)c(C#Cc2ccccc2CC(=O)OC)n1. The molecular formula is C35H38F3N3O4. The van der Waals surface area contributed by atoms with Crippen LogP contribution in [0.3, 0.4) is 0 Å². The van der Waals surface area contributed by atoms with Crippen molar-refractivity contribution in [3.63, 3.8) is 0 Å². The number of amides is 1. The van der Waals surface area contributed by atoms with Crippen LogP contribution in [-0.2, 0) is 39.7 Å².